The maximum atomic E-state index is 14.5. The smallest absolute Gasteiger partial charge is 0.181 e. The molecule has 1 atom stereocenters. The predicted octanol–water partition coefficient (Wildman–Crippen LogP) is 6.33. The van der Waals surface area contributed by atoms with Crippen molar-refractivity contribution in [3.63, 3.8) is 0 Å². The van der Waals surface area contributed by atoms with Crippen molar-refractivity contribution in [2.45, 2.75) is 45.3 Å². The Morgan fingerprint density at radius 3 is 2.65 bits per heavy atom. The van der Waals surface area contributed by atoms with Crippen LogP contribution in [0.5, 0.6) is 11.5 Å². The van der Waals surface area contributed by atoms with Gasteiger partial charge in [0.25, 0.3) is 0 Å². The summed E-state index contributed by atoms with van der Waals surface area (Å²) in [4.78, 5) is 7.15. The van der Waals surface area contributed by atoms with E-state index in [0.717, 1.165) is 65.2 Å². The average Bonchev–Trinajstić information content (AvgIpc) is 3.62. The molecule has 1 aliphatic heterocycles. The number of hydrogen-bond donors (Lipinski definition) is 2. The number of nitrogens with zero attached hydrogens (tertiary/aromatic N) is 4. The minimum atomic E-state index is -0.239. The van der Waals surface area contributed by atoms with Crippen LogP contribution in [0.1, 0.15) is 44.0 Å². The third-order valence-corrected chi connectivity index (χ3v) is 7.39. The number of ether oxygens (including phenoxy) is 2. The molecule has 2 aromatic heterocycles. The molecule has 206 valence electrons. The maximum absolute atomic E-state index is 14.5. The van der Waals surface area contributed by atoms with E-state index < -0.39 is 0 Å². The Morgan fingerprint density at radius 1 is 1.02 bits per heavy atom. The van der Waals surface area contributed by atoms with Gasteiger partial charge in [0.15, 0.2) is 5.82 Å². The number of hydrogen-bond acceptors (Lipinski definition) is 6. The number of fused-ring (bicyclic) bond motifs is 1. The van der Waals surface area contributed by atoms with E-state index in [0.29, 0.717) is 23.7 Å². The molecule has 6 rings (SSSR count). The summed E-state index contributed by atoms with van der Waals surface area (Å²) in [6, 6.07) is 19.1. The molecule has 5 aromatic rings. The van der Waals surface area contributed by atoms with E-state index in [1.807, 2.05) is 50.2 Å². The summed E-state index contributed by atoms with van der Waals surface area (Å²) < 4.78 is 25.7. The summed E-state index contributed by atoms with van der Waals surface area (Å²) in [6.45, 7) is 6.20. The number of benzene rings is 3. The van der Waals surface area contributed by atoms with Crippen LogP contribution in [0.2, 0.25) is 0 Å². The molecule has 0 bridgehead atoms. The van der Waals surface area contributed by atoms with Crippen LogP contribution in [-0.2, 0) is 6.54 Å². The van der Waals surface area contributed by atoms with E-state index in [2.05, 4.69) is 31.4 Å². The fraction of sp³-hybridized carbons (Fsp3) is 0.323. The molecule has 2 N–H and O–H groups in total. The molecule has 0 radical (unpaired) electrons. The van der Waals surface area contributed by atoms with Gasteiger partial charge in [-0.05, 0) is 87.8 Å². The molecule has 1 saturated heterocycles. The molecule has 0 spiro atoms. The van der Waals surface area contributed by atoms with Crippen LogP contribution in [0, 0.1) is 5.82 Å². The minimum Gasteiger partial charge on any atom is -0.496 e. The zero-order valence-electron chi connectivity index (χ0n) is 22.9. The first-order valence-electron chi connectivity index (χ1n) is 13.7. The van der Waals surface area contributed by atoms with Gasteiger partial charge in [-0.3, -0.25) is 15.1 Å². The first-order chi connectivity index (χ1) is 19.5. The van der Waals surface area contributed by atoms with Gasteiger partial charge in [0.2, 0.25) is 0 Å². The monoisotopic (exact) mass is 540 g/mol. The van der Waals surface area contributed by atoms with Crippen LogP contribution in [0.3, 0.4) is 0 Å². The number of aromatic amines is 2. The molecule has 1 fully saturated rings. The molecule has 0 amide bonds. The summed E-state index contributed by atoms with van der Waals surface area (Å²) in [5, 5.41) is 16.5. The van der Waals surface area contributed by atoms with Gasteiger partial charge in [-0.1, -0.05) is 6.07 Å². The van der Waals surface area contributed by atoms with Crippen molar-refractivity contribution in [1.82, 2.24) is 30.3 Å². The lowest BCUT2D eigenvalue weighted by atomic mass is 9.96. The number of H-pyrrole nitrogens is 2. The number of rotatable bonds is 8. The van der Waals surface area contributed by atoms with Crippen molar-refractivity contribution in [1.29, 1.82) is 0 Å². The lowest BCUT2D eigenvalue weighted by Gasteiger charge is -2.32. The summed E-state index contributed by atoms with van der Waals surface area (Å²) >= 11 is 0. The second-order valence-electron chi connectivity index (χ2n) is 10.6. The summed E-state index contributed by atoms with van der Waals surface area (Å²) in [7, 11) is 1.58. The third-order valence-electron chi connectivity index (χ3n) is 7.39. The lowest BCUT2D eigenvalue weighted by Crippen LogP contribution is -2.34. The fourth-order valence-corrected chi connectivity index (χ4v) is 5.45. The minimum absolute atomic E-state index is 0.123. The molecule has 8 nitrogen and oxygen atoms in total. The fourth-order valence-electron chi connectivity index (χ4n) is 5.45. The molecule has 3 heterocycles. The van der Waals surface area contributed by atoms with E-state index in [1.165, 1.54) is 6.07 Å². The quantitative estimate of drug-likeness (QED) is 0.239. The van der Waals surface area contributed by atoms with Crippen molar-refractivity contribution < 1.29 is 13.9 Å². The largest absolute Gasteiger partial charge is 0.496 e. The second-order valence-corrected chi connectivity index (χ2v) is 10.6. The number of aromatic nitrogens is 5. The van der Waals surface area contributed by atoms with Crippen molar-refractivity contribution in [3.8, 4) is 34.1 Å². The molecule has 0 unspecified atom stereocenters. The highest BCUT2D eigenvalue weighted by Crippen LogP contribution is 2.32. The standard InChI is InChI=1S/C31H33FN6O2/c1-19(2)40-23-12-9-20(10-13-23)29-24-16-21(11-14-27(24)34-35-29)30-33-31(37-36-30)22-6-5-15-38(17-22)18-25-26(32)7-4-8-28(25)39-3/h4,7-14,16,19,22H,5-6,15,17-18H2,1-3H3,(H,34,35)(H,33,36,37)/t22-/m1/s1. The van der Waals surface area contributed by atoms with Crippen LogP contribution >= 0.6 is 0 Å². The number of methoxy groups -OCH3 is 1. The van der Waals surface area contributed by atoms with Crippen molar-refractivity contribution in [2.75, 3.05) is 20.2 Å². The average molecular weight is 541 g/mol. The van der Waals surface area contributed by atoms with Gasteiger partial charge < -0.3 is 9.47 Å². The van der Waals surface area contributed by atoms with Gasteiger partial charge in [0.05, 0.1) is 24.4 Å². The molecular formula is C31H33FN6O2. The van der Waals surface area contributed by atoms with Gasteiger partial charge in [0, 0.05) is 41.1 Å². The SMILES string of the molecule is COc1cccc(F)c1CN1CCC[C@@H](c2nc(-c3ccc4[nH]nc(-c5ccc(OC(C)C)cc5)c4c3)n[nH]2)C1. The number of piperidine rings is 1. The number of halogens is 1. The maximum Gasteiger partial charge on any atom is 0.181 e. The van der Waals surface area contributed by atoms with Gasteiger partial charge in [0.1, 0.15) is 23.1 Å². The van der Waals surface area contributed by atoms with Crippen LogP contribution in [0.15, 0.2) is 60.7 Å². The third kappa shape index (κ3) is 5.29. The molecule has 9 heteroatoms. The first kappa shape index (κ1) is 26.0. The summed E-state index contributed by atoms with van der Waals surface area (Å²) in [5.74, 6) is 2.87. The van der Waals surface area contributed by atoms with Gasteiger partial charge in [-0.2, -0.15) is 10.2 Å². The summed E-state index contributed by atoms with van der Waals surface area (Å²) in [5.41, 5.74) is 4.33. The van der Waals surface area contributed by atoms with E-state index in [1.54, 1.807) is 19.2 Å². The zero-order valence-corrected chi connectivity index (χ0v) is 22.9. The Bertz CT molecular complexity index is 1610. The van der Waals surface area contributed by atoms with E-state index in [4.69, 9.17) is 14.5 Å². The van der Waals surface area contributed by atoms with Gasteiger partial charge in [-0.15, -0.1) is 0 Å². The van der Waals surface area contributed by atoms with Crippen LogP contribution < -0.4 is 9.47 Å². The Morgan fingerprint density at radius 2 is 1.85 bits per heavy atom. The van der Waals surface area contributed by atoms with Gasteiger partial charge >= 0.3 is 0 Å². The van der Waals surface area contributed by atoms with Crippen molar-refractivity contribution in [3.05, 3.63) is 77.9 Å². The van der Waals surface area contributed by atoms with Crippen molar-refractivity contribution in [2.24, 2.45) is 0 Å². The second kappa shape index (κ2) is 11.1. The molecule has 0 saturated carbocycles. The van der Waals surface area contributed by atoms with Crippen LogP contribution in [0.4, 0.5) is 4.39 Å². The normalized spacial score (nSPS) is 16.1. The Kier molecular flexibility index (Phi) is 7.21. The highest BCUT2D eigenvalue weighted by molar-refractivity contribution is 5.95. The Hall–Kier alpha value is -4.24. The van der Waals surface area contributed by atoms with Crippen molar-refractivity contribution >= 4 is 10.9 Å². The van der Waals surface area contributed by atoms with Crippen LogP contribution in [0.25, 0.3) is 33.5 Å². The number of likely N-dealkylation sites (tertiary alicyclic amines) is 1. The van der Waals surface area contributed by atoms with Gasteiger partial charge in [-0.25, -0.2) is 9.37 Å². The highest BCUT2D eigenvalue weighted by atomic mass is 19.1. The zero-order chi connectivity index (χ0) is 27.6. The molecule has 40 heavy (non-hydrogen) atoms. The first-order valence-corrected chi connectivity index (χ1v) is 13.7. The molecule has 1 aliphatic rings. The van der Waals surface area contributed by atoms with Crippen LogP contribution in [-0.4, -0.2) is 56.6 Å². The van der Waals surface area contributed by atoms with E-state index in [-0.39, 0.29) is 17.8 Å². The summed E-state index contributed by atoms with van der Waals surface area (Å²) in [6.07, 6.45) is 2.13. The predicted molar refractivity (Wildman–Crippen MR) is 153 cm³/mol. The lowest BCUT2D eigenvalue weighted by molar-refractivity contribution is 0.192. The molecule has 0 aliphatic carbocycles. The Balaban J connectivity index is 1.21. The van der Waals surface area contributed by atoms with E-state index in [9.17, 15) is 4.39 Å². The molecule has 3 aromatic carbocycles. The topological polar surface area (TPSA) is 91.9 Å². The number of nitrogens with one attached hydrogen (secondary N) is 2. The highest BCUT2D eigenvalue weighted by Gasteiger charge is 2.26. The molecular weight excluding hydrogens is 507 g/mol. The Labute approximate surface area is 232 Å². The van der Waals surface area contributed by atoms with E-state index >= 15 is 0 Å².